The van der Waals surface area contributed by atoms with Gasteiger partial charge in [-0.2, -0.15) is 0 Å². The molecule has 0 spiro atoms. The molecule has 2 heteroatoms. The lowest BCUT2D eigenvalue weighted by Crippen LogP contribution is -2.25. The highest BCUT2D eigenvalue weighted by Gasteiger charge is 2.44. The van der Waals surface area contributed by atoms with Crippen molar-refractivity contribution < 1.29 is 4.74 Å². The van der Waals surface area contributed by atoms with Gasteiger partial charge in [0.25, 0.3) is 0 Å². The number of rotatable bonds is 6. The van der Waals surface area contributed by atoms with E-state index in [1.165, 1.54) is 6.42 Å². The lowest BCUT2D eigenvalue weighted by Gasteiger charge is -2.06. The molecule has 1 atom stereocenters. The van der Waals surface area contributed by atoms with Gasteiger partial charge in [-0.3, -0.25) is 0 Å². The molecule has 1 aliphatic rings. The van der Waals surface area contributed by atoms with Crippen LogP contribution >= 0.6 is 0 Å². The Hall–Kier alpha value is -0.0800. The van der Waals surface area contributed by atoms with Crippen molar-refractivity contribution in [1.29, 1.82) is 0 Å². The maximum Gasteiger partial charge on any atom is 0.0591 e. The number of nitrogens with one attached hydrogen (secondary N) is 1. The van der Waals surface area contributed by atoms with Crippen molar-refractivity contribution in [2.45, 2.75) is 39.7 Å². The molecule has 1 fully saturated rings. The standard InChI is InChI=1S/C10H21NO/c1-4-6-12-7-5-11-9-8-10(9,2)3/h9,11H,4-8H2,1-3H3. The van der Waals surface area contributed by atoms with Crippen molar-refractivity contribution in [3.63, 3.8) is 0 Å². The van der Waals surface area contributed by atoms with Crippen LogP contribution in [0.4, 0.5) is 0 Å². The third-order valence-corrected chi connectivity index (χ3v) is 2.50. The molecule has 1 unspecified atom stereocenters. The molecule has 0 heterocycles. The number of ether oxygens (including phenoxy) is 1. The van der Waals surface area contributed by atoms with Gasteiger partial charge in [-0.15, -0.1) is 0 Å². The highest BCUT2D eigenvalue weighted by Crippen LogP contribution is 2.44. The lowest BCUT2D eigenvalue weighted by molar-refractivity contribution is 0.135. The Labute approximate surface area is 75.7 Å². The molecule has 0 radical (unpaired) electrons. The third kappa shape index (κ3) is 3.11. The van der Waals surface area contributed by atoms with Gasteiger partial charge >= 0.3 is 0 Å². The second-order valence-corrected chi connectivity index (χ2v) is 4.31. The molecule has 1 rings (SSSR count). The summed E-state index contributed by atoms with van der Waals surface area (Å²) in [6.45, 7) is 9.51. The van der Waals surface area contributed by atoms with Crippen molar-refractivity contribution in [2.75, 3.05) is 19.8 Å². The van der Waals surface area contributed by atoms with Crippen LogP contribution in [0.2, 0.25) is 0 Å². The summed E-state index contributed by atoms with van der Waals surface area (Å²) >= 11 is 0. The molecule has 1 N–H and O–H groups in total. The quantitative estimate of drug-likeness (QED) is 0.615. The molecule has 1 saturated carbocycles. The van der Waals surface area contributed by atoms with Crippen molar-refractivity contribution in [2.24, 2.45) is 5.41 Å². The zero-order valence-electron chi connectivity index (χ0n) is 8.52. The smallest absolute Gasteiger partial charge is 0.0591 e. The zero-order chi connectivity index (χ0) is 9.03. The van der Waals surface area contributed by atoms with Crippen LogP contribution in [0.3, 0.4) is 0 Å². The van der Waals surface area contributed by atoms with Gasteiger partial charge in [-0.25, -0.2) is 0 Å². The van der Waals surface area contributed by atoms with Gasteiger partial charge in [0.05, 0.1) is 6.61 Å². The van der Waals surface area contributed by atoms with Crippen molar-refractivity contribution in [1.82, 2.24) is 5.32 Å². The van der Waals surface area contributed by atoms with E-state index in [1.54, 1.807) is 0 Å². The third-order valence-electron chi connectivity index (χ3n) is 2.50. The van der Waals surface area contributed by atoms with Crippen molar-refractivity contribution >= 4 is 0 Å². The highest BCUT2D eigenvalue weighted by molar-refractivity contribution is 5.01. The van der Waals surface area contributed by atoms with E-state index in [2.05, 4.69) is 26.1 Å². The van der Waals surface area contributed by atoms with Gasteiger partial charge in [-0.1, -0.05) is 20.8 Å². The molecule has 0 amide bonds. The molecule has 1 aliphatic carbocycles. The summed E-state index contributed by atoms with van der Waals surface area (Å²) in [6, 6.07) is 0.739. The average molecular weight is 171 g/mol. The highest BCUT2D eigenvalue weighted by atomic mass is 16.5. The number of hydrogen-bond acceptors (Lipinski definition) is 2. The first kappa shape index (κ1) is 10.0. The van der Waals surface area contributed by atoms with E-state index in [9.17, 15) is 0 Å². The fourth-order valence-corrected chi connectivity index (χ4v) is 1.37. The Bertz CT molecular complexity index is 134. The molecule has 0 aromatic rings. The lowest BCUT2D eigenvalue weighted by atomic mass is 10.2. The molecule has 0 aromatic heterocycles. The summed E-state index contributed by atoms with van der Waals surface area (Å²) in [5, 5.41) is 3.48. The van der Waals surface area contributed by atoms with Gasteiger partial charge < -0.3 is 10.1 Å². The second-order valence-electron chi connectivity index (χ2n) is 4.31. The summed E-state index contributed by atoms with van der Waals surface area (Å²) < 4.78 is 5.37. The Morgan fingerprint density at radius 1 is 1.42 bits per heavy atom. The number of hydrogen-bond donors (Lipinski definition) is 1. The van der Waals surface area contributed by atoms with Crippen LogP contribution in [-0.2, 0) is 4.74 Å². The van der Waals surface area contributed by atoms with E-state index in [1.807, 2.05) is 0 Å². The van der Waals surface area contributed by atoms with Crippen LogP contribution in [-0.4, -0.2) is 25.8 Å². The van der Waals surface area contributed by atoms with Gasteiger partial charge in [0, 0.05) is 19.2 Å². The minimum Gasteiger partial charge on any atom is -0.380 e. The van der Waals surface area contributed by atoms with Gasteiger partial charge in [0.15, 0.2) is 0 Å². The van der Waals surface area contributed by atoms with Gasteiger partial charge in [0.2, 0.25) is 0 Å². The Balaban J connectivity index is 1.85. The van der Waals surface area contributed by atoms with E-state index < -0.39 is 0 Å². The van der Waals surface area contributed by atoms with Crippen LogP contribution < -0.4 is 5.32 Å². The Morgan fingerprint density at radius 2 is 2.08 bits per heavy atom. The first-order chi connectivity index (χ1) is 5.67. The minimum absolute atomic E-state index is 0.546. The van der Waals surface area contributed by atoms with E-state index in [0.29, 0.717) is 5.41 Å². The average Bonchev–Trinajstić information content (AvgIpc) is 2.59. The maximum atomic E-state index is 5.37. The van der Waals surface area contributed by atoms with Crippen LogP contribution in [0.15, 0.2) is 0 Å². The predicted octanol–water partition coefficient (Wildman–Crippen LogP) is 1.80. The molecule has 0 aromatic carbocycles. The molecule has 72 valence electrons. The van der Waals surface area contributed by atoms with Gasteiger partial charge in [0.1, 0.15) is 0 Å². The monoisotopic (exact) mass is 171 g/mol. The molecule has 12 heavy (non-hydrogen) atoms. The van der Waals surface area contributed by atoms with Crippen molar-refractivity contribution in [3.8, 4) is 0 Å². The fourth-order valence-electron chi connectivity index (χ4n) is 1.37. The van der Waals surface area contributed by atoms with Crippen LogP contribution in [0, 0.1) is 5.41 Å². The molecular weight excluding hydrogens is 150 g/mol. The SMILES string of the molecule is CCCOCCNC1CC1(C)C. The minimum atomic E-state index is 0.546. The summed E-state index contributed by atoms with van der Waals surface area (Å²) in [5.41, 5.74) is 0.546. The first-order valence-corrected chi connectivity index (χ1v) is 4.98. The van der Waals surface area contributed by atoms with E-state index in [0.717, 1.165) is 32.2 Å². The molecule has 0 bridgehead atoms. The molecule has 0 aliphatic heterocycles. The van der Waals surface area contributed by atoms with Gasteiger partial charge in [-0.05, 0) is 18.3 Å². The maximum absolute atomic E-state index is 5.37. The predicted molar refractivity (Wildman–Crippen MR) is 51.3 cm³/mol. The summed E-state index contributed by atoms with van der Waals surface area (Å²) in [7, 11) is 0. The molecule has 2 nitrogen and oxygen atoms in total. The van der Waals surface area contributed by atoms with E-state index in [-0.39, 0.29) is 0 Å². The Morgan fingerprint density at radius 3 is 2.58 bits per heavy atom. The van der Waals surface area contributed by atoms with Crippen LogP contribution in [0.1, 0.15) is 33.6 Å². The largest absolute Gasteiger partial charge is 0.380 e. The summed E-state index contributed by atoms with van der Waals surface area (Å²) in [6.07, 6.45) is 2.44. The van der Waals surface area contributed by atoms with E-state index in [4.69, 9.17) is 4.74 Å². The topological polar surface area (TPSA) is 21.3 Å². The Kier molecular flexibility index (Phi) is 3.53. The summed E-state index contributed by atoms with van der Waals surface area (Å²) in [5.74, 6) is 0. The van der Waals surface area contributed by atoms with Crippen LogP contribution in [0.25, 0.3) is 0 Å². The normalized spacial score (nSPS) is 25.8. The van der Waals surface area contributed by atoms with Crippen molar-refractivity contribution in [3.05, 3.63) is 0 Å². The fraction of sp³-hybridized carbons (Fsp3) is 1.00. The first-order valence-electron chi connectivity index (χ1n) is 4.98. The van der Waals surface area contributed by atoms with E-state index >= 15 is 0 Å². The van der Waals surface area contributed by atoms with Crippen LogP contribution in [0.5, 0.6) is 0 Å². The second kappa shape index (κ2) is 4.24. The summed E-state index contributed by atoms with van der Waals surface area (Å²) in [4.78, 5) is 0. The molecule has 0 saturated heterocycles. The molecular formula is C10H21NO. The zero-order valence-corrected chi connectivity index (χ0v) is 8.52.